The predicted octanol–water partition coefficient (Wildman–Crippen LogP) is 0.0821. The minimum Gasteiger partial charge on any atom is -0.480 e. The number of carboxylic acids is 1. The quantitative estimate of drug-likeness (QED) is 0.386. The van der Waals surface area contributed by atoms with Gasteiger partial charge in [-0.15, -0.1) is 0 Å². The summed E-state index contributed by atoms with van der Waals surface area (Å²) in [6, 6.07) is 1.13. The summed E-state index contributed by atoms with van der Waals surface area (Å²) in [5.74, 6) is -0.939. The number of hydrogen-bond donors (Lipinski definition) is 1. The first-order valence-corrected chi connectivity index (χ1v) is 7.82. The van der Waals surface area contributed by atoms with E-state index in [1.54, 1.807) is 7.11 Å². The molecule has 2 atom stereocenters. The number of methoxy groups -OCH3 is 3. The van der Waals surface area contributed by atoms with Crippen LogP contribution in [-0.2, 0) is 19.0 Å². The number of ether oxygens (including phenoxy) is 3. The summed E-state index contributed by atoms with van der Waals surface area (Å²) in [5.41, 5.74) is 0. The summed E-state index contributed by atoms with van der Waals surface area (Å²) in [7, 11) is 5.56. The summed E-state index contributed by atoms with van der Waals surface area (Å²) < 4.78 is 14.6. The Kier molecular flexibility index (Phi) is 5.03. The maximum Gasteiger partial charge on any atom is 0.329 e. The maximum atomic E-state index is 11.5. The van der Waals surface area contributed by atoms with Crippen molar-refractivity contribution in [1.29, 1.82) is 0 Å². The fourth-order valence-corrected chi connectivity index (χ4v) is 4.04. The van der Waals surface area contributed by atoms with E-state index >= 15 is 0 Å². The Balaban J connectivity index is 2.93. The van der Waals surface area contributed by atoms with Crippen LogP contribution in [0.2, 0.25) is 6.04 Å². The smallest absolute Gasteiger partial charge is 0.329 e. The highest BCUT2D eigenvalue weighted by Crippen LogP contribution is 2.69. The van der Waals surface area contributed by atoms with Crippen LogP contribution in [0.3, 0.4) is 0 Å². The average Bonchev–Trinajstić information content (AvgIpc) is 2.99. The third-order valence-electron chi connectivity index (χ3n) is 3.12. The summed E-state index contributed by atoms with van der Waals surface area (Å²) in [4.78, 5) is 10.8. The zero-order chi connectivity index (χ0) is 13.1. The van der Waals surface area contributed by atoms with Gasteiger partial charge in [-0.1, -0.05) is 24.2 Å². The SMILES string of the molecule is COC(OC)C1(C(=O)O)SC1(CCC[SiH3])OC. The molecular formula is C10H20O5SSi. The lowest BCUT2D eigenvalue weighted by Gasteiger charge is -2.24. The lowest BCUT2D eigenvalue weighted by molar-refractivity contribution is -0.172. The number of carboxylic acid groups (broad SMARTS) is 1. The molecule has 0 aromatic carbocycles. The van der Waals surface area contributed by atoms with Crippen molar-refractivity contribution in [1.82, 2.24) is 0 Å². The Bertz CT molecular complexity index is 286. The van der Waals surface area contributed by atoms with Crippen molar-refractivity contribution >= 4 is 28.0 Å². The molecule has 0 bridgehead atoms. The monoisotopic (exact) mass is 280 g/mol. The van der Waals surface area contributed by atoms with Crippen molar-refractivity contribution in [2.45, 2.75) is 34.9 Å². The Morgan fingerprint density at radius 2 is 2.00 bits per heavy atom. The maximum absolute atomic E-state index is 11.5. The second-order valence-electron chi connectivity index (χ2n) is 4.01. The first-order valence-electron chi connectivity index (χ1n) is 5.59. The zero-order valence-corrected chi connectivity index (χ0v) is 13.5. The molecule has 7 heteroatoms. The van der Waals surface area contributed by atoms with Crippen LogP contribution in [0.1, 0.15) is 12.8 Å². The molecule has 2 unspecified atom stereocenters. The Hall–Kier alpha value is -0.0831. The fraction of sp³-hybridized carbons (Fsp3) is 0.900. The first kappa shape index (κ1) is 15.0. The Labute approximate surface area is 109 Å². The standard InChI is InChI=1S/C10H20O5SSi/c1-13-8(14-2)10(7(11)12)9(15-3,16-10)5-4-6-17/h8H,4-6H2,1-3,17H3,(H,11,12). The van der Waals surface area contributed by atoms with Crippen molar-refractivity contribution in [3.8, 4) is 0 Å². The van der Waals surface area contributed by atoms with Crippen molar-refractivity contribution in [2.75, 3.05) is 21.3 Å². The molecule has 0 aliphatic carbocycles. The normalized spacial score (nSPS) is 32.0. The van der Waals surface area contributed by atoms with Gasteiger partial charge < -0.3 is 19.3 Å². The highest BCUT2D eigenvalue weighted by atomic mass is 32.2. The van der Waals surface area contributed by atoms with Gasteiger partial charge in [0.2, 0.25) is 4.75 Å². The van der Waals surface area contributed by atoms with Gasteiger partial charge in [-0.05, 0) is 6.42 Å². The summed E-state index contributed by atoms with van der Waals surface area (Å²) in [5, 5.41) is 9.45. The van der Waals surface area contributed by atoms with E-state index in [1.807, 2.05) is 0 Å². The lowest BCUT2D eigenvalue weighted by Crippen LogP contribution is -2.47. The molecular weight excluding hydrogens is 260 g/mol. The van der Waals surface area contributed by atoms with Gasteiger partial charge in [0, 0.05) is 31.6 Å². The molecule has 0 aromatic rings. The minimum atomic E-state index is -1.14. The van der Waals surface area contributed by atoms with E-state index in [4.69, 9.17) is 14.2 Å². The minimum absolute atomic E-state index is 0.708. The molecule has 0 amide bonds. The first-order chi connectivity index (χ1) is 8.04. The molecule has 17 heavy (non-hydrogen) atoms. The molecule has 1 heterocycles. The molecule has 1 aliphatic heterocycles. The second kappa shape index (κ2) is 5.70. The Morgan fingerprint density at radius 3 is 2.35 bits per heavy atom. The van der Waals surface area contributed by atoms with Crippen LogP contribution in [0.25, 0.3) is 0 Å². The molecule has 1 rings (SSSR count). The lowest BCUT2D eigenvalue weighted by atomic mass is 9.97. The molecule has 1 N–H and O–H groups in total. The molecule has 0 spiro atoms. The summed E-state index contributed by atoms with van der Waals surface area (Å²) in [6.45, 7) is 0. The predicted molar refractivity (Wildman–Crippen MR) is 69.5 cm³/mol. The zero-order valence-electron chi connectivity index (χ0n) is 10.7. The van der Waals surface area contributed by atoms with Gasteiger partial charge in [0.15, 0.2) is 6.29 Å². The van der Waals surface area contributed by atoms with Gasteiger partial charge in [-0.3, -0.25) is 4.79 Å². The van der Waals surface area contributed by atoms with Crippen molar-refractivity contribution in [2.24, 2.45) is 0 Å². The van der Waals surface area contributed by atoms with E-state index in [-0.39, 0.29) is 0 Å². The summed E-state index contributed by atoms with van der Waals surface area (Å²) in [6.07, 6.45) is 0.897. The topological polar surface area (TPSA) is 65.0 Å². The van der Waals surface area contributed by atoms with Crippen molar-refractivity contribution in [3.63, 3.8) is 0 Å². The third kappa shape index (κ3) is 2.26. The molecule has 100 valence electrons. The van der Waals surface area contributed by atoms with Crippen molar-refractivity contribution < 1.29 is 24.1 Å². The van der Waals surface area contributed by atoms with Crippen LogP contribution in [0.4, 0.5) is 0 Å². The average molecular weight is 280 g/mol. The van der Waals surface area contributed by atoms with Gasteiger partial charge in [0.1, 0.15) is 4.93 Å². The number of carbonyl (C=O) groups is 1. The van der Waals surface area contributed by atoms with Gasteiger partial charge in [0.25, 0.3) is 0 Å². The highest BCUT2D eigenvalue weighted by molar-refractivity contribution is 8.10. The van der Waals surface area contributed by atoms with E-state index in [9.17, 15) is 9.90 Å². The number of rotatable bonds is 8. The van der Waals surface area contributed by atoms with Crippen LogP contribution in [-0.4, -0.2) is 58.6 Å². The molecule has 0 aromatic heterocycles. The van der Waals surface area contributed by atoms with E-state index in [2.05, 4.69) is 0 Å². The van der Waals surface area contributed by atoms with Crippen LogP contribution in [0, 0.1) is 0 Å². The second-order valence-corrected chi connectivity index (χ2v) is 6.51. The van der Waals surface area contributed by atoms with E-state index < -0.39 is 21.9 Å². The molecule has 0 radical (unpaired) electrons. The van der Waals surface area contributed by atoms with Gasteiger partial charge in [0.05, 0.1) is 0 Å². The largest absolute Gasteiger partial charge is 0.480 e. The Morgan fingerprint density at radius 1 is 1.41 bits per heavy atom. The fourth-order valence-electron chi connectivity index (χ4n) is 2.14. The van der Waals surface area contributed by atoms with E-state index in [0.29, 0.717) is 6.42 Å². The van der Waals surface area contributed by atoms with Crippen LogP contribution in [0.5, 0.6) is 0 Å². The van der Waals surface area contributed by atoms with Crippen LogP contribution in [0.15, 0.2) is 0 Å². The van der Waals surface area contributed by atoms with E-state index in [1.165, 1.54) is 26.0 Å². The molecule has 1 fully saturated rings. The molecule has 1 saturated heterocycles. The van der Waals surface area contributed by atoms with Crippen molar-refractivity contribution in [3.05, 3.63) is 0 Å². The van der Waals surface area contributed by atoms with Gasteiger partial charge in [-0.2, -0.15) is 0 Å². The molecule has 0 saturated carbocycles. The highest BCUT2D eigenvalue weighted by Gasteiger charge is 2.79. The van der Waals surface area contributed by atoms with Gasteiger partial charge in [-0.25, -0.2) is 0 Å². The molecule has 5 nitrogen and oxygen atoms in total. The number of hydrogen-bond acceptors (Lipinski definition) is 5. The van der Waals surface area contributed by atoms with Crippen LogP contribution >= 0.6 is 11.8 Å². The molecule has 1 aliphatic rings. The van der Waals surface area contributed by atoms with Gasteiger partial charge >= 0.3 is 5.97 Å². The number of thioether (sulfide) groups is 1. The van der Waals surface area contributed by atoms with Crippen LogP contribution < -0.4 is 0 Å². The third-order valence-corrected chi connectivity index (χ3v) is 5.66. The number of aliphatic carboxylic acids is 1. The summed E-state index contributed by atoms with van der Waals surface area (Å²) >= 11 is 1.28. The van der Waals surface area contributed by atoms with E-state index in [0.717, 1.165) is 22.7 Å².